The summed E-state index contributed by atoms with van der Waals surface area (Å²) >= 11 is 1.49. The lowest BCUT2D eigenvalue weighted by atomic mass is 10.2. The van der Waals surface area contributed by atoms with Gasteiger partial charge >= 0.3 is 0 Å². The van der Waals surface area contributed by atoms with Crippen molar-refractivity contribution in [2.75, 3.05) is 5.73 Å². The van der Waals surface area contributed by atoms with E-state index in [9.17, 15) is 10.1 Å². The topological polar surface area (TPSA) is 87.0 Å². The zero-order valence-corrected chi connectivity index (χ0v) is 10.6. The van der Waals surface area contributed by atoms with Crippen LogP contribution in [0, 0.1) is 10.1 Å². The number of nitrogen functional groups attached to an aromatic ring is 1. The summed E-state index contributed by atoms with van der Waals surface area (Å²) in [4.78, 5) is 14.4. The number of hydrogen-bond acceptors (Lipinski definition) is 5. The Morgan fingerprint density at radius 2 is 2.33 bits per heavy atom. The number of aryl methyl sites for hydroxylation is 1. The van der Waals surface area contributed by atoms with Gasteiger partial charge in [-0.05, 0) is 11.6 Å². The summed E-state index contributed by atoms with van der Waals surface area (Å²) in [6.07, 6.45) is 3.55. The van der Waals surface area contributed by atoms with Crippen LogP contribution in [-0.2, 0) is 12.8 Å². The van der Waals surface area contributed by atoms with E-state index < -0.39 is 4.92 Å². The molecule has 0 unspecified atom stereocenters. The number of nitrogens with two attached hydrogens (primary N) is 1. The highest BCUT2D eigenvalue weighted by atomic mass is 32.2. The molecular weight excluding hydrogens is 252 g/mol. The number of thioether (sulfide) groups is 1. The van der Waals surface area contributed by atoms with Gasteiger partial charge in [0.2, 0.25) is 0 Å². The van der Waals surface area contributed by atoms with Gasteiger partial charge in [-0.3, -0.25) is 10.1 Å². The Labute approximate surface area is 108 Å². The monoisotopic (exact) mass is 264 g/mol. The number of nitrogens with zero attached hydrogens (tertiary/aromatic N) is 3. The molecule has 2 rings (SSSR count). The Morgan fingerprint density at radius 3 is 2.94 bits per heavy atom. The van der Waals surface area contributed by atoms with Gasteiger partial charge in [-0.15, -0.1) is 0 Å². The van der Waals surface area contributed by atoms with Gasteiger partial charge in [0, 0.05) is 43.0 Å². The summed E-state index contributed by atoms with van der Waals surface area (Å²) in [5, 5.41) is 11.5. The van der Waals surface area contributed by atoms with Crippen molar-refractivity contribution in [3.63, 3.8) is 0 Å². The second kappa shape index (κ2) is 5.09. The summed E-state index contributed by atoms with van der Waals surface area (Å²) in [6.45, 7) is 0. The van der Waals surface area contributed by atoms with Crippen molar-refractivity contribution in [3.05, 3.63) is 46.3 Å². The van der Waals surface area contributed by atoms with Crippen LogP contribution in [0.5, 0.6) is 0 Å². The van der Waals surface area contributed by atoms with Crippen LogP contribution < -0.4 is 5.73 Å². The molecule has 1 aromatic carbocycles. The third-order valence-electron chi connectivity index (χ3n) is 2.47. The maximum absolute atomic E-state index is 10.7. The normalized spacial score (nSPS) is 10.5. The minimum Gasteiger partial charge on any atom is -0.398 e. The third kappa shape index (κ3) is 2.62. The van der Waals surface area contributed by atoms with Crippen LogP contribution in [0.3, 0.4) is 0 Å². The molecule has 2 N–H and O–H groups in total. The smallest absolute Gasteiger partial charge is 0.269 e. The largest absolute Gasteiger partial charge is 0.398 e. The maximum atomic E-state index is 10.7. The summed E-state index contributed by atoms with van der Waals surface area (Å²) in [5.41, 5.74) is 7.16. The van der Waals surface area contributed by atoms with E-state index in [1.54, 1.807) is 12.3 Å². The van der Waals surface area contributed by atoms with Crippen LogP contribution in [-0.4, -0.2) is 14.5 Å². The minimum atomic E-state index is -0.422. The molecule has 6 nitrogen and oxygen atoms in total. The van der Waals surface area contributed by atoms with E-state index in [0.29, 0.717) is 11.4 Å². The highest BCUT2D eigenvalue weighted by molar-refractivity contribution is 7.98. The van der Waals surface area contributed by atoms with E-state index >= 15 is 0 Å². The first-order valence-corrected chi connectivity index (χ1v) is 6.19. The fourth-order valence-electron chi connectivity index (χ4n) is 1.46. The molecule has 1 heterocycles. The quantitative estimate of drug-likeness (QED) is 0.396. The van der Waals surface area contributed by atoms with Crippen molar-refractivity contribution >= 4 is 23.1 Å². The molecule has 0 saturated heterocycles. The van der Waals surface area contributed by atoms with E-state index in [4.69, 9.17) is 5.73 Å². The molecule has 0 radical (unpaired) electrons. The second-order valence-electron chi connectivity index (χ2n) is 3.75. The van der Waals surface area contributed by atoms with Gasteiger partial charge in [-0.2, -0.15) is 0 Å². The average Bonchev–Trinajstić information content (AvgIpc) is 2.73. The van der Waals surface area contributed by atoms with Crippen molar-refractivity contribution in [1.29, 1.82) is 0 Å². The van der Waals surface area contributed by atoms with E-state index in [1.807, 2.05) is 17.8 Å². The lowest BCUT2D eigenvalue weighted by molar-refractivity contribution is -0.384. The molecule has 18 heavy (non-hydrogen) atoms. The average molecular weight is 264 g/mol. The standard InChI is InChI=1S/C11H12N4O2S/c1-14-5-4-13-11(14)18-7-8-6-9(15(16)17)2-3-10(8)12/h2-6H,7,12H2,1H3. The van der Waals surface area contributed by atoms with Gasteiger partial charge in [0.25, 0.3) is 5.69 Å². The summed E-state index contributed by atoms with van der Waals surface area (Å²) in [7, 11) is 1.89. The number of nitro benzene ring substituents is 1. The Morgan fingerprint density at radius 1 is 1.56 bits per heavy atom. The van der Waals surface area contributed by atoms with Crippen LogP contribution in [0.25, 0.3) is 0 Å². The number of non-ortho nitro benzene ring substituents is 1. The van der Waals surface area contributed by atoms with Crippen LogP contribution in [0.1, 0.15) is 5.56 Å². The first-order valence-electron chi connectivity index (χ1n) is 5.21. The molecule has 0 spiro atoms. The molecule has 0 aliphatic carbocycles. The molecule has 0 atom stereocenters. The van der Waals surface area contributed by atoms with E-state index in [1.165, 1.54) is 23.9 Å². The molecule has 7 heteroatoms. The van der Waals surface area contributed by atoms with Gasteiger partial charge < -0.3 is 10.3 Å². The van der Waals surface area contributed by atoms with Crippen molar-refractivity contribution in [2.24, 2.45) is 7.05 Å². The zero-order valence-electron chi connectivity index (χ0n) is 9.74. The van der Waals surface area contributed by atoms with E-state index in [2.05, 4.69) is 4.98 Å². The lowest BCUT2D eigenvalue weighted by Gasteiger charge is -2.05. The zero-order chi connectivity index (χ0) is 13.1. The predicted octanol–water partition coefficient (Wildman–Crippen LogP) is 2.20. The predicted molar refractivity (Wildman–Crippen MR) is 70.3 cm³/mol. The number of benzene rings is 1. The molecular formula is C11H12N4O2S. The number of nitro groups is 1. The van der Waals surface area contributed by atoms with Crippen molar-refractivity contribution in [3.8, 4) is 0 Å². The van der Waals surface area contributed by atoms with Crippen molar-refractivity contribution in [2.45, 2.75) is 10.9 Å². The molecule has 0 aliphatic rings. The minimum absolute atomic E-state index is 0.0552. The van der Waals surface area contributed by atoms with Gasteiger partial charge in [-0.25, -0.2) is 4.98 Å². The van der Waals surface area contributed by atoms with Crippen molar-refractivity contribution < 1.29 is 4.92 Å². The number of rotatable bonds is 4. The van der Waals surface area contributed by atoms with Crippen LogP contribution >= 0.6 is 11.8 Å². The van der Waals surface area contributed by atoms with Crippen LogP contribution in [0.4, 0.5) is 11.4 Å². The Hall–Kier alpha value is -2.02. The molecule has 0 bridgehead atoms. The number of hydrogen-bond donors (Lipinski definition) is 1. The van der Waals surface area contributed by atoms with Gasteiger partial charge in [0.1, 0.15) is 0 Å². The Bertz CT molecular complexity index is 582. The summed E-state index contributed by atoms with van der Waals surface area (Å²) < 4.78 is 1.89. The first kappa shape index (κ1) is 12.4. The van der Waals surface area contributed by atoms with E-state index in [0.717, 1.165) is 10.7 Å². The van der Waals surface area contributed by atoms with Crippen molar-refractivity contribution in [1.82, 2.24) is 9.55 Å². The van der Waals surface area contributed by atoms with Crippen LogP contribution in [0.15, 0.2) is 35.7 Å². The second-order valence-corrected chi connectivity index (χ2v) is 4.69. The van der Waals surface area contributed by atoms with Crippen LogP contribution in [0.2, 0.25) is 0 Å². The van der Waals surface area contributed by atoms with Gasteiger partial charge in [-0.1, -0.05) is 11.8 Å². The molecule has 0 amide bonds. The molecule has 94 valence electrons. The Balaban J connectivity index is 2.16. The summed E-state index contributed by atoms with van der Waals surface area (Å²) in [6, 6.07) is 4.47. The molecule has 0 fully saturated rings. The fourth-order valence-corrected chi connectivity index (χ4v) is 2.40. The molecule has 0 aliphatic heterocycles. The van der Waals surface area contributed by atoms with E-state index in [-0.39, 0.29) is 5.69 Å². The highest BCUT2D eigenvalue weighted by Gasteiger charge is 2.10. The SMILES string of the molecule is Cn1ccnc1SCc1cc([N+](=O)[O-])ccc1N. The maximum Gasteiger partial charge on any atom is 0.269 e. The number of anilines is 1. The lowest BCUT2D eigenvalue weighted by Crippen LogP contribution is -1.97. The highest BCUT2D eigenvalue weighted by Crippen LogP contribution is 2.26. The molecule has 1 aromatic heterocycles. The third-order valence-corrected chi connectivity index (χ3v) is 3.58. The molecule has 2 aromatic rings. The van der Waals surface area contributed by atoms with Gasteiger partial charge in [0.15, 0.2) is 5.16 Å². The fraction of sp³-hybridized carbons (Fsp3) is 0.182. The molecule has 0 saturated carbocycles. The first-order chi connectivity index (χ1) is 8.58. The van der Waals surface area contributed by atoms with Gasteiger partial charge in [0.05, 0.1) is 4.92 Å². The Kier molecular flexibility index (Phi) is 3.52. The number of imidazole rings is 1. The summed E-state index contributed by atoms with van der Waals surface area (Å²) in [5.74, 6) is 0.554. The number of aromatic nitrogens is 2.